The normalized spacial score (nSPS) is 10.6. The Balaban J connectivity index is 2.22. The number of aliphatic hydroxyl groups excluding tert-OH is 1. The molecule has 0 aliphatic carbocycles. The lowest BCUT2D eigenvalue weighted by atomic mass is 10.1. The molecule has 0 fully saturated rings. The van der Waals surface area contributed by atoms with E-state index < -0.39 is 0 Å². The Bertz CT molecular complexity index is 462. The summed E-state index contributed by atoms with van der Waals surface area (Å²) in [5.74, 6) is 1.48. The minimum atomic E-state index is 0.169. The predicted molar refractivity (Wildman–Crippen MR) is 62.1 cm³/mol. The Morgan fingerprint density at radius 1 is 1.31 bits per heavy atom. The average Bonchev–Trinajstić information content (AvgIpc) is 2.75. The van der Waals surface area contributed by atoms with E-state index in [0.29, 0.717) is 18.7 Å². The van der Waals surface area contributed by atoms with Crippen LogP contribution in [0.1, 0.15) is 17.9 Å². The van der Waals surface area contributed by atoms with Crippen molar-refractivity contribution in [2.45, 2.75) is 19.8 Å². The van der Waals surface area contributed by atoms with Gasteiger partial charge in [0.05, 0.1) is 6.20 Å². The van der Waals surface area contributed by atoms with Gasteiger partial charge in [0.25, 0.3) is 0 Å². The largest absolute Gasteiger partial charge is 0.441 e. The summed E-state index contributed by atoms with van der Waals surface area (Å²) in [5.41, 5.74) is 2.25. The number of hydrogen-bond donors (Lipinski definition) is 1. The number of rotatable bonds is 4. The van der Waals surface area contributed by atoms with E-state index in [1.807, 2.05) is 31.2 Å². The van der Waals surface area contributed by atoms with Crippen LogP contribution >= 0.6 is 0 Å². The van der Waals surface area contributed by atoms with Gasteiger partial charge in [-0.05, 0) is 18.9 Å². The van der Waals surface area contributed by atoms with Gasteiger partial charge in [0.1, 0.15) is 0 Å². The molecule has 16 heavy (non-hydrogen) atoms. The summed E-state index contributed by atoms with van der Waals surface area (Å²) in [5, 5.41) is 8.73. The molecule has 0 bridgehead atoms. The second-order valence-corrected chi connectivity index (χ2v) is 3.76. The van der Waals surface area contributed by atoms with E-state index in [-0.39, 0.29) is 6.61 Å². The number of oxazole rings is 1. The zero-order valence-electron chi connectivity index (χ0n) is 9.31. The van der Waals surface area contributed by atoms with Crippen LogP contribution in [0, 0.1) is 6.92 Å². The van der Waals surface area contributed by atoms with E-state index in [1.165, 1.54) is 5.56 Å². The van der Waals surface area contributed by atoms with Gasteiger partial charge in [-0.25, -0.2) is 4.98 Å². The lowest BCUT2D eigenvalue weighted by Gasteiger charge is -2.00. The van der Waals surface area contributed by atoms with Gasteiger partial charge in [0.2, 0.25) is 0 Å². The first-order valence-electron chi connectivity index (χ1n) is 5.43. The maximum absolute atomic E-state index is 8.73. The number of nitrogens with zero attached hydrogens (tertiary/aromatic N) is 1. The molecule has 3 heteroatoms. The summed E-state index contributed by atoms with van der Waals surface area (Å²) in [6.45, 7) is 2.22. The molecule has 2 rings (SSSR count). The second-order valence-electron chi connectivity index (χ2n) is 3.76. The molecule has 0 saturated heterocycles. The van der Waals surface area contributed by atoms with Crippen molar-refractivity contribution in [2.75, 3.05) is 6.61 Å². The number of benzene rings is 1. The quantitative estimate of drug-likeness (QED) is 0.856. The minimum absolute atomic E-state index is 0.169. The maximum Gasteiger partial charge on any atom is 0.194 e. The topological polar surface area (TPSA) is 46.3 Å². The Labute approximate surface area is 94.8 Å². The standard InChI is InChI=1S/C13H15NO2/c1-10-5-2-3-6-11(10)12-9-14-13(16-12)7-4-8-15/h2-3,5-6,9,15H,4,7-8H2,1H3. The van der Waals surface area contributed by atoms with Gasteiger partial charge in [-0.2, -0.15) is 0 Å². The SMILES string of the molecule is Cc1ccccc1-c1cnc(CCCO)o1. The van der Waals surface area contributed by atoms with Crippen LogP contribution in [-0.2, 0) is 6.42 Å². The second kappa shape index (κ2) is 4.94. The monoisotopic (exact) mass is 217 g/mol. The van der Waals surface area contributed by atoms with Crippen LogP contribution in [0.15, 0.2) is 34.9 Å². The van der Waals surface area contributed by atoms with Crippen molar-refractivity contribution in [3.05, 3.63) is 41.9 Å². The summed E-state index contributed by atoms with van der Waals surface area (Å²) in [7, 11) is 0. The van der Waals surface area contributed by atoms with Crippen molar-refractivity contribution in [2.24, 2.45) is 0 Å². The van der Waals surface area contributed by atoms with Gasteiger partial charge in [-0.15, -0.1) is 0 Å². The fraction of sp³-hybridized carbons (Fsp3) is 0.308. The predicted octanol–water partition coefficient (Wildman–Crippen LogP) is 2.57. The van der Waals surface area contributed by atoms with Crippen molar-refractivity contribution in [3.8, 4) is 11.3 Å². The van der Waals surface area contributed by atoms with Crippen LogP contribution < -0.4 is 0 Å². The van der Waals surface area contributed by atoms with E-state index >= 15 is 0 Å². The van der Waals surface area contributed by atoms with Gasteiger partial charge in [-0.1, -0.05) is 24.3 Å². The van der Waals surface area contributed by atoms with Gasteiger partial charge < -0.3 is 9.52 Å². The van der Waals surface area contributed by atoms with Crippen molar-refractivity contribution in [3.63, 3.8) is 0 Å². The Hall–Kier alpha value is -1.61. The summed E-state index contributed by atoms with van der Waals surface area (Å²) in [6.07, 6.45) is 3.12. The van der Waals surface area contributed by atoms with Crippen LogP contribution in [-0.4, -0.2) is 16.7 Å². The highest BCUT2D eigenvalue weighted by Crippen LogP contribution is 2.23. The molecular formula is C13H15NO2. The zero-order chi connectivity index (χ0) is 11.4. The van der Waals surface area contributed by atoms with Crippen LogP contribution in [0.3, 0.4) is 0 Å². The van der Waals surface area contributed by atoms with Crippen LogP contribution in [0.5, 0.6) is 0 Å². The highest BCUT2D eigenvalue weighted by molar-refractivity contribution is 5.60. The number of aromatic nitrogens is 1. The smallest absolute Gasteiger partial charge is 0.194 e. The molecule has 1 heterocycles. The van der Waals surface area contributed by atoms with Crippen molar-refractivity contribution in [1.29, 1.82) is 0 Å². The Morgan fingerprint density at radius 2 is 2.12 bits per heavy atom. The summed E-state index contributed by atoms with van der Waals surface area (Å²) in [4.78, 5) is 4.19. The molecule has 0 radical (unpaired) electrons. The van der Waals surface area contributed by atoms with Gasteiger partial charge in [-0.3, -0.25) is 0 Å². The van der Waals surface area contributed by atoms with Gasteiger partial charge in [0.15, 0.2) is 11.7 Å². The lowest BCUT2D eigenvalue weighted by Crippen LogP contribution is -1.88. The summed E-state index contributed by atoms with van der Waals surface area (Å²) >= 11 is 0. The molecule has 0 saturated carbocycles. The molecule has 84 valence electrons. The fourth-order valence-corrected chi connectivity index (χ4v) is 1.63. The van der Waals surface area contributed by atoms with Crippen LogP contribution in [0.4, 0.5) is 0 Å². The molecule has 2 aromatic rings. The lowest BCUT2D eigenvalue weighted by molar-refractivity contribution is 0.283. The van der Waals surface area contributed by atoms with Gasteiger partial charge >= 0.3 is 0 Å². The van der Waals surface area contributed by atoms with Crippen LogP contribution in [0.25, 0.3) is 11.3 Å². The maximum atomic E-state index is 8.73. The molecule has 1 aromatic carbocycles. The van der Waals surface area contributed by atoms with E-state index in [9.17, 15) is 0 Å². The molecule has 0 aliphatic rings. The molecule has 1 aromatic heterocycles. The average molecular weight is 217 g/mol. The molecule has 1 N–H and O–H groups in total. The number of hydrogen-bond acceptors (Lipinski definition) is 3. The third kappa shape index (κ3) is 2.31. The molecule has 0 unspecified atom stereocenters. The first-order valence-corrected chi connectivity index (χ1v) is 5.43. The first kappa shape index (κ1) is 10.9. The third-order valence-electron chi connectivity index (χ3n) is 2.51. The third-order valence-corrected chi connectivity index (χ3v) is 2.51. The first-order chi connectivity index (χ1) is 7.81. The fourth-order valence-electron chi connectivity index (χ4n) is 1.63. The number of aliphatic hydroxyl groups is 1. The van der Waals surface area contributed by atoms with Crippen molar-refractivity contribution < 1.29 is 9.52 Å². The molecule has 0 spiro atoms. The van der Waals surface area contributed by atoms with Crippen LogP contribution in [0.2, 0.25) is 0 Å². The summed E-state index contributed by atoms with van der Waals surface area (Å²) < 4.78 is 5.63. The Morgan fingerprint density at radius 3 is 2.88 bits per heavy atom. The van der Waals surface area contributed by atoms with E-state index in [0.717, 1.165) is 11.3 Å². The van der Waals surface area contributed by atoms with E-state index in [1.54, 1.807) is 6.20 Å². The zero-order valence-corrected chi connectivity index (χ0v) is 9.31. The highest BCUT2D eigenvalue weighted by Gasteiger charge is 2.07. The molecule has 0 atom stereocenters. The molecule has 0 amide bonds. The Kier molecular flexibility index (Phi) is 3.37. The van der Waals surface area contributed by atoms with E-state index in [2.05, 4.69) is 4.98 Å². The summed E-state index contributed by atoms with van der Waals surface area (Å²) in [6, 6.07) is 8.05. The highest BCUT2D eigenvalue weighted by atomic mass is 16.4. The van der Waals surface area contributed by atoms with Gasteiger partial charge in [0, 0.05) is 18.6 Å². The van der Waals surface area contributed by atoms with Crippen molar-refractivity contribution in [1.82, 2.24) is 4.98 Å². The molecular weight excluding hydrogens is 202 g/mol. The van der Waals surface area contributed by atoms with E-state index in [4.69, 9.17) is 9.52 Å². The molecule has 3 nitrogen and oxygen atoms in total. The molecule has 0 aliphatic heterocycles. The van der Waals surface area contributed by atoms with Crippen molar-refractivity contribution >= 4 is 0 Å². The number of aryl methyl sites for hydroxylation is 2. The minimum Gasteiger partial charge on any atom is -0.441 e.